The monoisotopic (exact) mass is 234 g/mol. The van der Waals surface area contributed by atoms with Crippen molar-refractivity contribution in [3.8, 4) is 0 Å². The maximum absolute atomic E-state index is 3.60. The third kappa shape index (κ3) is 5.18. The van der Waals surface area contributed by atoms with Crippen molar-refractivity contribution in [3.63, 3.8) is 0 Å². The van der Waals surface area contributed by atoms with Gasteiger partial charge in [-0.2, -0.15) is 0 Å². The third-order valence-corrected chi connectivity index (χ3v) is 3.05. The molecule has 0 radical (unpaired) electrons. The maximum Gasteiger partial charge on any atom is 0.00648 e. The van der Waals surface area contributed by atoms with Gasteiger partial charge in [0.1, 0.15) is 0 Å². The second-order valence-corrected chi connectivity index (χ2v) is 6.63. The highest BCUT2D eigenvalue weighted by molar-refractivity contribution is 9.09. The molecule has 0 saturated carbocycles. The van der Waals surface area contributed by atoms with Gasteiger partial charge in [-0.1, -0.05) is 57.5 Å². The summed E-state index contributed by atoms with van der Waals surface area (Å²) in [5.41, 5.74) is 0.877. The van der Waals surface area contributed by atoms with Crippen LogP contribution < -0.4 is 0 Å². The minimum absolute atomic E-state index is 0.427. The number of alkyl halides is 1. The van der Waals surface area contributed by atoms with Crippen LogP contribution in [0.3, 0.4) is 0 Å². The van der Waals surface area contributed by atoms with E-state index in [1.165, 1.54) is 6.42 Å². The zero-order valence-electron chi connectivity index (χ0n) is 9.37. The van der Waals surface area contributed by atoms with E-state index in [2.05, 4.69) is 57.5 Å². The van der Waals surface area contributed by atoms with E-state index < -0.39 is 0 Å². The van der Waals surface area contributed by atoms with E-state index in [0.29, 0.717) is 10.8 Å². The SMILES string of the molecule is CC(C)(C)CC(CBr)C(C)(C)C. The minimum Gasteiger partial charge on any atom is -0.0925 e. The van der Waals surface area contributed by atoms with Crippen LogP contribution in [0.15, 0.2) is 0 Å². The summed E-state index contributed by atoms with van der Waals surface area (Å²) >= 11 is 3.60. The van der Waals surface area contributed by atoms with E-state index in [9.17, 15) is 0 Å². The van der Waals surface area contributed by atoms with Gasteiger partial charge in [-0.05, 0) is 23.2 Å². The summed E-state index contributed by atoms with van der Waals surface area (Å²) in [5.74, 6) is 0.775. The fraction of sp³-hybridized carbons (Fsp3) is 1.00. The molecule has 0 heterocycles. The smallest absolute Gasteiger partial charge is 0.00648 e. The lowest BCUT2D eigenvalue weighted by Crippen LogP contribution is -2.26. The molecule has 0 fully saturated rings. The molecule has 0 rings (SSSR count). The molecule has 0 aromatic carbocycles. The van der Waals surface area contributed by atoms with E-state index in [1.54, 1.807) is 0 Å². The van der Waals surface area contributed by atoms with Gasteiger partial charge >= 0.3 is 0 Å². The molecule has 0 aromatic heterocycles. The summed E-state index contributed by atoms with van der Waals surface area (Å²) in [6.07, 6.45) is 1.29. The van der Waals surface area contributed by atoms with Crippen molar-refractivity contribution in [2.24, 2.45) is 16.7 Å². The molecular weight excluding hydrogens is 212 g/mol. The maximum atomic E-state index is 3.60. The second kappa shape index (κ2) is 4.13. The molecule has 0 aliphatic heterocycles. The van der Waals surface area contributed by atoms with Crippen molar-refractivity contribution < 1.29 is 0 Å². The average Bonchev–Trinajstić information content (AvgIpc) is 1.78. The zero-order valence-corrected chi connectivity index (χ0v) is 11.0. The van der Waals surface area contributed by atoms with Gasteiger partial charge in [0.15, 0.2) is 0 Å². The topological polar surface area (TPSA) is 0 Å². The van der Waals surface area contributed by atoms with Gasteiger partial charge in [0, 0.05) is 5.33 Å². The molecule has 1 heteroatoms. The van der Waals surface area contributed by atoms with E-state index in [4.69, 9.17) is 0 Å². The largest absolute Gasteiger partial charge is 0.0925 e. The Kier molecular flexibility index (Phi) is 4.29. The van der Waals surface area contributed by atoms with Crippen LogP contribution in [-0.2, 0) is 0 Å². The first-order valence-electron chi connectivity index (χ1n) is 4.73. The lowest BCUT2D eigenvalue weighted by atomic mass is 9.73. The van der Waals surface area contributed by atoms with Crippen molar-refractivity contribution in [2.45, 2.75) is 48.0 Å². The van der Waals surface area contributed by atoms with Crippen molar-refractivity contribution in [1.82, 2.24) is 0 Å². The number of hydrogen-bond acceptors (Lipinski definition) is 0. The Morgan fingerprint density at radius 2 is 1.42 bits per heavy atom. The summed E-state index contributed by atoms with van der Waals surface area (Å²) in [4.78, 5) is 0. The Hall–Kier alpha value is 0.480. The zero-order chi connectivity index (χ0) is 9.99. The summed E-state index contributed by atoms with van der Waals surface area (Å²) < 4.78 is 0. The Morgan fingerprint density at radius 1 is 1.00 bits per heavy atom. The molecule has 74 valence electrons. The van der Waals surface area contributed by atoms with Crippen LogP contribution in [0.25, 0.3) is 0 Å². The summed E-state index contributed by atoms with van der Waals surface area (Å²) in [6.45, 7) is 13.9. The van der Waals surface area contributed by atoms with Crippen LogP contribution in [0.1, 0.15) is 48.0 Å². The van der Waals surface area contributed by atoms with Gasteiger partial charge < -0.3 is 0 Å². The number of halogens is 1. The molecule has 0 saturated heterocycles. The van der Waals surface area contributed by atoms with Crippen LogP contribution in [0.2, 0.25) is 0 Å². The predicted octanol–water partition coefficient (Wildman–Crippen LogP) is 4.48. The quantitative estimate of drug-likeness (QED) is 0.619. The first-order chi connectivity index (χ1) is 5.17. The van der Waals surface area contributed by atoms with Gasteiger partial charge in [-0.3, -0.25) is 0 Å². The highest BCUT2D eigenvalue weighted by atomic mass is 79.9. The lowest BCUT2D eigenvalue weighted by Gasteiger charge is -2.34. The Labute approximate surface area is 86.3 Å². The molecule has 0 aliphatic rings. The van der Waals surface area contributed by atoms with Crippen molar-refractivity contribution in [1.29, 1.82) is 0 Å². The van der Waals surface area contributed by atoms with Crippen LogP contribution in [-0.4, -0.2) is 5.33 Å². The Morgan fingerprint density at radius 3 is 1.50 bits per heavy atom. The first kappa shape index (κ1) is 12.5. The van der Waals surface area contributed by atoms with Gasteiger partial charge in [0.2, 0.25) is 0 Å². The van der Waals surface area contributed by atoms with Crippen LogP contribution in [0.4, 0.5) is 0 Å². The number of rotatable bonds is 2. The second-order valence-electron chi connectivity index (χ2n) is 5.98. The van der Waals surface area contributed by atoms with Gasteiger partial charge in [-0.15, -0.1) is 0 Å². The standard InChI is InChI=1S/C11H23Br/c1-10(2,3)7-9(8-12)11(4,5)6/h9H,7-8H2,1-6H3. The number of hydrogen-bond donors (Lipinski definition) is 0. The molecule has 0 N–H and O–H groups in total. The van der Waals surface area contributed by atoms with Crippen molar-refractivity contribution >= 4 is 15.9 Å². The fourth-order valence-corrected chi connectivity index (χ4v) is 2.53. The molecule has 0 spiro atoms. The van der Waals surface area contributed by atoms with Gasteiger partial charge in [0.25, 0.3) is 0 Å². The lowest BCUT2D eigenvalue weighted by molar-refractivity contribution is 0.187. The minimum atomic E-state index is 0.427. The molecule has 0 bridgehead atoms. The Balaban J connectivity index is 4.20. The summed E-state index contributed by atoms with van der Waals surface area (Å²) in [6, 6.07) is 0. The molecule has 1 unspecified atom stereocenters. The molecule has 0 nitrogen and oxygen atoms in total. The molecule has 1 atom stereocenters. The van der Waals surface area contributed by atoms with E-state index >= 15 is 0 Å². The molecule has 0 aromatic rings. The van der Waals surface area contributed by atoms with Crippen molar-refractivity contribution in [2.75, 3.05) is 5.33 Å². The molecule has 0 aliphatic carbocycles. The van der Waals surface area contributed by atoms with Crippen molar-refractivity contribution in [3.05, 3.63) is 0 Å². The van der Waals surface area contributed by atoms with E-state index in [-0.39, 0.29) is 0 Å². The summed E-state index contributed by atoms with van der Waals surface area (Å²) in [7, 11) is 0. The van der Waals surface area contributed by atoms with Crippen LogP contribution >= 0.6 is 15.9 Å². The van der Waals surface area contributed by atoms with Gasteiger partial charge in [-0.25, -0.2) is 0 Å². The highest BCUT2D eigenvalue weighted by Crippen LogP contribution is 2.36. The first-order valence-corrected chi connectivity index (χ1v) is 5.85. The van der Waals surface area contributed by atoms with E-state index in [0.717, 1.165) is 11.2 Å². The third-order valence-electron chi connectivity index (χ3n) is 2.27. The van der Waals surface area contributed by atoms with Crippen LogP contribution in [0.5, 0.6) is 0 Å². The van der Waals surface area contributed by atoms with Crippen LogP contribution in [0, 0.1) is 16.7 Å². The average molecular weight is 235 g/mol. The summed E-state index contributed by atoms with van der Waals surface area (Å²) in [5, 5.41) is 1.12. The molecule has 0 amide bonds. The fourth-order valence-electron chi connectivity index (χ4n) is 1.33. The van der Waals surface area contributed by atoms with Gasteiger partial charge in [0.05, 0.1) is 0 Å². The Bertz CT molecular complexity index is 125. The normalized spacial score (nSPS) is 16.2. The van der Waals surface area contributed by atoms with E-state index in [1.807, 2.05) is 0 Å². The highest BCUT2D eigenvalue weighted by Gasteiger charge is 2.27. The molecule has 12 heavy (non-hydrogen) atoms. The molecular formula is C11H23Br. The predicted molar refractivity (Wildman–Crippen MR) is 60.8 cm³/mol.